The van der Waals surface area contributed by atoms with Crippen molar-refractivity contribution in [1.29, 1.82) is 0 Å². The first-order valence-electron chi connectivity index (χ1n) is 7.95. The van der Waals surface area contributed by atoms with Gasteiger partial charge < -0.3 is 0 Å². The van der Waals surface area contributed by atoms with Gasteiger partial charge in [-0.2, -0.15) is 0 Å². The molecule has 1 aliphatic rings. The number of rotatable bonds is 2. The van der Waals surface area contributed by atoms with Crippen LogP contribution in [0.5, 0.6) is 0 Å². The molecule has 1 unspecified atom stereocenters. The summed E-state index contributed by atoms with van der Waals surface area (Å²) >= 11 is 0. The van der Waals surface area contributed by atoms with Crippen molar-refractivity contribution in [2.75, 3.05) is 0 Å². The zero-order valence-corrected chi connectivity index (χ0v) is 13.8. The van der Waals surface area contributed by atoms with Gasteiger partial charge in [-0.1, -0.05) is 65.0 Å². The van der Waals surface area contributed by atoms with Crippen molar-refractivity contribution in [3.05, 3.63) is 53.7 Å². The van der Waals surface area contributed by atoms with Gasteiger partial charge in [0.2, 0.25) is 0 Å². The number of hydrogen-bond donors (Lipinski definition) is 0. The second kappa shape index (κ2) is 4.69. The Balaban J connectivity index is 2.17. The summed E-state index contributed by atoms with van der Waals surface area (Å²) < 4.78 is 0. The van der Waals surface area contributed by atoms with Gasteiger partial charge in [-0.25, -0.2) is 0 Å². The molecule has 1 aliphatic carbocycles. The van der Waals surface area contributed by atoms with Gasteiger partial charge in [0, 0.05) is 11.8 Å². The highest BCUT2D eigenvalue weighted by molar-refractivity contribution is 5.62. The Kier molecular flexibility index (Phi) is 3.20. The van der Waals surface area contributed by atoms with Gasteiger partial charge in [-0.3, -0.25) is 4.98 Å². The number of nitrogens with zero attached hydrogens (tertiary/aromatic N) is 1. The average molecular weight is 279 g/mol. The van der Waals surface area contributed by atoms with Crippen LogP contribution >= 0.6 is 0 Å². The summed E-state index contributed by atoms with van der Waals surface area (Å²) in [5.41, 5.74) is 5.67. The molecule has 1 nitrogen and oxygen atoms in total. The minimum atomic E-state index is 0.172. The SMILES string of the molecule is CCC1c2cc(-c3ccccc3)ncc2C(C)(C)C1(C)C. The van der Waals surface area contributed by atoms with Crippen LogP contribution in [0.4, 0.5) is 0 Å². The van der Waals surface area contributed by atoms with E-state index >= 15 is 0 Å². The third-order valence-electron chi connectivity index (χ3n) is 5.94. The first-order chi connectivity index (χ1) is 9.89. The van der Waals surface area contributed by atoms with Gasteiger partial charge in [0.25, 0.3) is 0 Å². The van der Waals surface area contributed by atoms with E-state index in [1.807, 2.05) is 0 Å². The van der Waals surface area contributed by atoms with E-state index in [0.717, 1.165) is 5.69 Å². The summed E-state index contributed by atoms with van der Waals surface area (Å²) in [6.07, 6.45) is 3.30. The van der Waals surface area contributed by atoms with Gasteiger partial charge in [-0.05, 0) is 40.4 Å². The van der Waals surface area contributed by atoms with E-state index in [1.54, 1.807) is 0 Å². The van der Waals surface area contributed by atoms with Crippen LogP contribution in [0.15, 0.2) is 42.6 Å². The molecule has 0 saturated heterocycles. The molecule has 0 spiro atoms. The Morgan fingerprint density at radius 2 is 1.71 bits per heavy atom. The van der Waals surface area contributed by atoms with E-state index in [4.69, 9.17) is 4.98 Å². The molecule has 21 heavy (non-hydrogen) atoms. The van der Waals surface area contributed by atoms with Crippen molar-refractivity contribution in [3.8, 4) is 11.3 Å². The second-order valence-corrected chi connectivity index (χ2v) is 7.33. The Bertz CT molecular complexity index is 653. The fourth-order valence-electron chi connectivity index (χ4n) is 3.95. The fraction of sp³-hybridized carbons (Fsp3) is 0.450. The highest BCUT2D eigenvalue weighted by Gasteiger charge is 2.51. The van der Waals surface area contributed by atoms with Gasteiger partial charge in [-0.15, -0.1) is 0 Å². The van der Waals surface area contributed by atoms with E-state index in [2.05, 4.69) is 77.2 Å². The van der Waals surface area contributed by atoms with E-state index in [-0.39, 0.29) is 10.8 Å². The summed E-state index contributed by atoms with van der Waals surface area (Å²) in [6, 6.07) is 12.8. The quantitative estimate of drug-likeness (QED) is 0.701. The first-order valence-corrected chi connectivity index (χ1v) is 7.95. The van der Waals surface area contributed by atoms with Crippen LogP contribution in [-0.2, 0) is 5.41 Å². The number of aromatic nitrogens is 1. The van der Waals surface area contributed by atoms with E-state index < -0.39 is 0 Å². The lowest BCUT2D eigenvalue weighted by Crippen LogP contribution is -2.34. The maximum atomic E-state index is 4.75. The van der Waals surface area contributed by atoms with Crippen molar-refractivity contribution < 1.29 is 0 Å². The Morgan fingerprint density at radius 1 is 1.05 bits per heavy atom. The summed E-state index contributed by atoms with van der Waals surface area (Å²) in [5.74, 6) is 0.605. The highest BCUT2D eigenvalue weighted by Crippen LogP contribution is 2.59. The maximum absolute atomic E-state index is 4.75. The van der Waals surface area contributed by atoms with Crippen molar-refractivity contribution >= 4 is 0 Å². The van der Waals surface area contributed by atoms with Gasteiger partial charge >= 0.3 is 0 Å². The van der Waals surface area contributed by atoms with Gasteiger partial charge in [0.1, 0.15) is 0 Å². The minimum absolute atomic E-state index is 0.172. The topological polar surface area (TPSA) is 12.9 Å². The van der Waals surface area contributed by atoms with Crippen molar-refractivity contribution in [2.24, 2.45) is 5.41 Å². The lowest BCUT2D eigenvalue weighted by Gasteiger charge is -2.39. The smallest absolute Gasteiger partial charge is 0.0705 e. The molecular formula is C20H25N. The molecule has 3 rings (SSSR count). The molecule has 110 valence electrons. The molecule has 0 aliphatic heterocycles. The molecule has 0 amide bonds. The lowest BCUT2D eigenvalue weighted by molar-refractivity contribution is 0.178. The van der Waals surface area contributed by atoms with Crippen LogP contribution < -0.4 is 0 Å². The molecule has 1 atom stereocenters. The highest BCUT2D eigenvalue weighted by atomic mass is 14.7. The zero-order valence-electron chi connectivity index (χ0n) is 13.8. The van der Waals surface area contributed by atoms with E-state index in [1.165, 1.54) is 23.1 Å². The summed E-state index contributed by atoms with van der Waals surface area (Å²) in [5, 5.41) is 0. The van der Waals surface area contributed by atoms with Crippen molar-refractivity contribution in [2.45, 2.75) is 52.4 Å². The Morgan fingerprint density at radius 3 is 2.33 bits per heavy atom. The molecule has 1 heteroatoms. The number of benzene rings is 1. The Hall–Kier alpha value is -1.63. The maximum Gasteiger partial charge on any atom is 0.0705 e. The molecule has 0 fully saturated rings. The normalized spacial score (nSPS) is 22.0. The summed E-state index contributed by atoms with van der Waals surface area (Å²) in [4.78, 5) is 4.75. The minimum Gasteiger partial charge on any atom is -0.256 e. The van der Waals surface area contributed by atoms with Crippen LogP contribution in [0.3, 0.4) is 0 Å². The molecule has 1 heterocycles. The van der Waals surface area contributed by atoms with Crippen LogP contribution in [0.1, 0.15) is 58.1 Å². The van der Waals surface area contributed by atoms with Crippen molar-refractivity contribution in [3.63, 3.8) is 0 Å². The second-order valence-electron chi connectivity index (χ2n) is 7.33. The summed E-state index contributed by atoms with van der Waals surface area (Å²) in [6.45, 7) is 11.9. The number of hydrogen-bond acceptors (Lipinski definition) is 1. The van der Waals surface area contributed by atoms with Crippen LogP contribution in [0.2, 0.25) is 0 Å². The fourth-order valence-corrected chi connectivity index (χ4v) is 3.95. The predicted octanol–water partition coefficient (Wildman–Crippen LogP) is 5.56. The predicted molar refractivity (Wildman–Crippen MR) is 89.5 cm³/mol. The molecule has 0 N–H and O–H groups in total. The molecule has 0 saturated carbocycles. The monoisotopic (exact) mass is 279 g/mol. The lowest BCUT2D eigenvalue weighted by atomic mass is 9.64. The molecular weight excluding hydrogens is 254 g/mol. The largest absolute Gasteiger partial charge is 0.256 e. The van der Waals surface area contributed by atoms with E-state index in [0.29, 0.717) is 5.92 Å². The van der Waals surface area contributed by atoms with Crippen LogP contribution in [0, 0.1) is 5.41 Å². The third-order valence-corrected chi connectivity index (χ3v) is 5.94. The standard InChI is InChI=1S/C20H25N/c1-6-16-15-12-18(14-10-8-7-9-11-14)21-13-17(15)20(4,5)19(16,2)3/h7-13,16H,6H2,1-5H3. The zero-order chi connectivity index (χ0) is 15.3. The molecule has 0 bridgehead atoms. The first kappa shape index (κ1) is 14.3. The Labute approximate surface area is 128 Å². The molecule has 2 aromatic rings. The van der Waals surface area contributed by atoms with Crippen molar-refractivity contribution in [1.82, 2.24) is 4.98 Å². The molecule has 1 aromatic carbocycles. The van der Waals surface area contributed by atoms with Gasteiger partial charge in [0.15, 0.2) is 0 Å². The number of fused-ring (bicyclic) bond motifs is 1. The van der Waals surface area contributed by atoms with Crippen LogP contribution in [-0.4, -0.2) is 4.98 Å². The van der Waals surface area contributed by atoms with Crippen LogP contribution in [0.25, 0.3) is 11.3 Å². The average Bonchev–Trinajstić information content (AvgIpc) is 2.62. The molecule has 0 radical (unpaired) electrons. The van der Waals surface area contributed by atoms with E-state index in [9.17, 15) is 0 Å². The summed E-state index contributed by atoms with van der Waals surface area (Å²) in [7, 11) is 0. The third kappa shape index (κ3) is 1.94. The number of pyridine rings is 1. The molecule has 1 aromatic heterocycles. The van der Waals surface area contributed by atoms with Gasteiger partial charge in [0.05, 0.1) is 5.69 Å².